The number of anilines is 1. The van der Waals surface area contributed by atoms with E-state index in [-0.39, 0.29) is 18.1 Å². The van der Waals surface area contributed by atoms with Crippen LogP contribution < -0.4 is 9.62 Å². The summed E-state index contributed by atoms with van der Waals surface area (Å²) < 4.78 is 26.1. The van der Waals surface area contributed by atoms with Crippen LogP contribution in [-0.4, -0.2) is 50.5 Å². The van der Waals surface area contributed by atoms with E-state index in [9.17, 15) is 18.0 Å². The molecular formula is C23H30ClN3O4S. The van der Waals surface area contributed by atoms with E-state index in [0.29, 0.717) is 18.0 Å². The Morgan fingerprint density at radius 1 is 1.09 bits per heavy atom. The Labute approximate surface area is 195 Å². The van der Waals surface area contributed by atoms with Crippen LogP contribution >= 0.6 is 11.6 Å². The maximum Gasteiger partial charge on any atom is 0.244 e. The monoisotopic (exact) mass is 479 g/mol. The number of nitrogens with one attached hydrogen (secondary N) is 1. The Hall–Kier alpha value is -2.58. The lowest BCUT2D eigenvalue weighted by Crippen LogP contribution is -2.52. The Morgan fingerprint density at radius 3 is 2.34 bits per heavy atom. The third kappa shape index (κ3) is 6.71. The van der Waals surface area contributed by atoms with Crippen LogP contribution in [0.25, 0.3) is 0 Å². The van der Waals surface area contributed by atoms with Gasteiger partial charge in [-0.2, -0.15) is 0 Å². The largest absolute Gasteiger partial charge is 0.355 e. The molecule has 7 nitrogen and oxygen atoms in total. The van der Waals surface area contributed by atoms with Crippen molar-refractivity contribution >= 4 is 39.1 Å². The summed E-state index contributed by atoms with van der Waals surface area (Å²) in [5.74, 6) is -0.748. The Kier molecular flexibility index (Phi) is 9.09. The average Bonchev–Trinajstić information content (AvgIpc) is 2.72. The van der Waals surface area contributed by atoms with Crippen LogP contribution in [-0.2, 0) is 26.2 Å². The number of likely N-dealkylation sites (N-methyl/N-ethyl adjacent to an activating group) is 1. The van der Waals surface area contributed by atoms with E-state index >= 15 is 0 Å². The first-order valence-corrected chi connectivity index (χ1v) is 12.7. The molecule has 2 rings (SSSR count). The van der Waals surface area contributed by atoms with E-state index in [1.807, 2.05) is 45.0 Å². The van der Waals surface area contributed by atoms with Crippen LogP contribution in [0.15, 0.2) is 48.5 Å². The second-order valence-corrected chi connectivity index (χ2v) is 9.86. The molecule has 0 aromatic heterocycles. The second kappa shape index (κ2) is 11.3. The second-order valence-electron chi connectivity index (χ2n) is 7.52. The summed E-state index contributed by atoms with van der Waals surface area (Å²) in [5, 5.41) is 3.13. The van der Waals surface area contributed by atoms with Crippen LogP contribution in [0.3, 0.4) is 0 Å². The number of sulfonamides is 1. The highest BCUT2D eigenvalue weighted by Gasteiger charge is 2.31. The van der Waals surface area contributed by atoms with E-state index in [0.717, 1.165) is 21.7 Å². The zero-order valence-corrected chi connectivity index (χ0v) is 20.4. The minimum atomic E-state index is -3.78. The summed E-state index contributed by atoms with van der Waals surface area (Å²) in [6.45, 7) is 5.74. The van der Waals surface area contributed by atoms with Crippen LogP contribution in [0.2, 0.25) is 5.02 Å². The first-order chi connectivity index (χ1) is 15.1. The number of hydrogen-bond acceptors (Lipinski definition) is 4. The quantitative estimate of drug-likeness (QED) is 0.566. The topological polar surface area (TPSA) is 86.8 Å². The smallest absolute Gasteiger partial charge is 0.244 e. The van der Waals surface area contributed by atoms with Gasteiger partial charge in [0.2, 0.25) is 21.8 Å². The number of benzene rings is 2. The molecule has 0 aliphatic heterocycles. The van der Waals surface area contributed by atoms with Gasteiger partial charge in [-0.05, 0) is 49.6 Å². The fraction of sp³-hybridized carbons (Fsp3) is 0.391. The Balaban J connectivity index is 2.45. The van der Waals surface area contributed by atoms with E-state index in [4.69, 9.17) is 11.6 Å². The first-order valence-electron chi connectivity index (χ1n) is 10.4. The fourth-order valence-electron chi connectivity index (χ4n) is 3.43. The normalized spacial score (nSPS) is 12.2. The number of halogens is 1. The molecule has 0 aliphatic rings. The third-order valence-corrected chi connectivity index (χ3v) is 6.49. The molecule has 2 aromatic carbocycles. The van der Waals surface area contributed by atoms with Crippen molar-refractivity contribution in [3.8, 4) is 0 Å². The van der Waals surface area contributed by atoms with Crippen molar-refractivity contribution in [2.45, 2.75) is 39.8 Å². The molecule has 0 saturated carbocycles. The highest BCUT2D eigenvalue weighted by Crippen LogP contribution is 2.23. The van der Waals surface area contributed by atoms with Crippen LogP contribution in [0.1, 0.15) is 31.4 Å². The highest BCUT2D eigenvalue weighted by molar-refractivity contribution is 7.92. The zero-order valence-electron chi connectivity index (χ0n) is 18.8. The van der Waals surface area contributed by atoms with Gasteiger partial charge in [0.1, 0.15) is 12.6 Å². The number of nitrogens with zero attached hydrogens (tertiary/aromatic N) is 2. The molecule has 0 aliphatic carbocycles. The number of amides is 2. The van der Waals surface area contributed by atoms with Crippen molar-refractivity contribution in [1.82, 2.24) is 10.2 Å². The van der Waals surface area contributed by atoms with Crippen LogP contribution in [0.5, 0.6) is 0 Å². The van der Waals surface area contributed by atoms with Gasteiger partial charge in [-0.3, -0.25) is 13.9 Å². The molecule has 1 atom stereocenters. The molecule has 0 saturated heterocycles. The predicted octanol–water partition coefficient (Wildman–Crippen LogP) is 3.36. The van der Waals surface area contributed by atoms with Crippen molar-refractivity contribution in [3.05, 3.63) is 64.7 Å². The van der Waals surface area contributed by atoms with Gasteiger partial charge in [0.25, 0.3) is 0 Å². The molecule has 9 heteroatoms. The van der Waals surface area contributed by atoms with E-state index < -0.39 is 28.5 Å². The van der Waals surface area contributed by atoms with Gasteiger partial charge >= 0.3 is 0 Å². The molecule has 2 aromatic rings. The van der Waals surface area contributed by atoms with Crippen molar-refractivity contribution in [1.29, 1.82) is 0 Å². The van der Waals surface area contributed by atoms with E-state index in [2.05, 4.69) is 5.32 Å². The maximum absolute atomic E-state index is 13.5. The summed E-state index contributed by atoms with van der Waals surface area (Å²) in [4.78, 5) is 27.7. The lowest BCUT2D eigenvalue weighted by Gasteiger charge is -2.33. The first kappa shape index (κ1) is 25.7. The number of hydrogen-bond donors (Lipinski definition) is 1. The van der Waals surface area contributed by atoms with Crippen molar-refractivity contribution < 1.29 is 18.0 Å². The van der Waals surface area contributed by atoms with Gasteiger partial charge in [0, 0.05) is 18.1 Å². The summed E-state index contributed by atoms with van der Waals surface area (Å²) in [6, 6.07) is 13.2. The summed E-state index contributed by atoms with van der Waals surface area (Å²) in [6.07, 6.45) is 1.42. The van der Waals surface area contributed by atoms with Crippen LogP contribution in [0, 0.1) is 6.92 Å². The van der Waals surface area contributed by atoms with Gasteiger partial charge in [0.15, 0.2) is 0 Å². The van der Waals surface area contributed by atoms with Crippen molar-refractivity contribution in [2.75, 3.05) is 23.7 Å². The standard InChI is InChI=1S/C23H30ClN3O4S/c1-5-21(23(29)25-6-2)26(15-18-11-8-7-10-17(18)3)22(28)16-27(32(4,30)31)20-13-9-12-19(24)14-20/h7-14,21H,5-6,15-16H2,1-4H3,(H,25,29). The molecule has 2 amide bonds. The molecule has 1 unspecified atom stereocenters. The molecule has 0 radical (unpaired) electrons. The third-order valence-electron chi connectivity index (χ3n) is 5.11. The van der Waals surface area contributed by atoms with E-state index in [1.165, 1.54) is 11.0 Å². The summed E-state index contributed by atoms with van der Waals surface area (Å²) >= 11 is 6.04. The number of rotatable bonds is 10. The van der Waals surface area contributed by atoms with Gasteiger partial charge in [-0.25, -0.2) is 8.42 Å². The zero-order chi connectivity index (χ0) is 23.9. The van der Waals surface area contributed by atoms with Gasteiger partial charge in [0.05, 0.1) is 11.9 Å². The Morgan fingerprint density at radius 2 is 1.78 bits per heavy atom. The highest BCUT2D eigenvalue weighted by atomic mass is 35.5. The van der Waals surface area contributed by atoms with Gasteiger partial charge in [-0.1, -0.05) is 48.9 Å². The minimum absolute atomic E-state index is 0.189. The lowest BCUT2D eigenvalue weighted by molar-refractivity contribution is -0.140. The van der Waals surface area contributed by atoms with E-state index in [1.54, 1.807) is 18.2 Å². The van der Waals surface area contributed by atoms with Gasteiger partial charge in [-0.15, -0.1) is 0 Å². The summed E-state index contributed by atoms with van der Waals surface area (Å²) in [7, 11) is -3.78. The molecule has 1 N–H and O–H groups in total. The molecule has 0 heterocycles. The minimum Gasteiger partial charge on any atom is -0.355 e. The number of carbonyl (C=O) groups is 2. The van der Waals surface area contributed by atoms with Crippen molar-refractivity contribution in [3.63, 3.8) is 0 Å². The fourth-order valence-corrected chi connectivity index (χ4v) is 4.45. The maximum atomic E-state index is 13.5. The van der Waals surface area contributed by atoms with Crippen molar-refractivity contribution in [2.24, 2.45) is 0 Å². The number of aryl methyl sites for hydroxylation is 1. The molecule has 174 valence electrons. The Bertz CT molecular complexity index is 1060. The predicted molar refractivity (Wildman–Crippen MR) is 128 cm³/mol. The van der Waals surface area contributed by atoms with Crippen LogP contribution in [0.4, 0.5) is 5.69 Å². The lowest BCUT2D eigenvalue weighted by atomic mass is 10.1. The molecule has 32 heavy (non-hydrogen) atoms. The molecule has 0 fully saturated rings. The molecular weight excluding hydrogens is 450 g/mol. The number of carbonyl (C=O) groups excluding carboxylic acids is 2. The molecule has 0 spiro atoms. The summed E-state index contributed by atoms with van der Waals surface area (Å²) in [5.41, 5.74) is 2.15. The SMILES string of the molecule is CCNC(=O)C(CC)N(Cc1ccccc1C)C(=O)CN(c1cccc(Cl)c1)S(C)(=O)=O. The molecule has 0 bridgehead atoms. The van der Waals surface area contributed by atoms with Gasteiger partial charge < -0.3 is 10.2 Å². The average molecular weight is 480 g/mol.